The molecule has 2 rings (SSSR count). The van der Waals surface area contributed by atoms with Gasteiger partial charge < -0.3 is 35.2 Å². The maximum absolute atomic E-state index is 11.1. The van der Waals surface area contributed by atoms with Crippen molar-refractivity contribution >= 4 is 5.97 Å². The fourth-order valence-electron chi connectivity index (χ4n) is 2.45. The van der Waals surface area contributed by atoms with Gasteiger partial charge in [-0.25, -0.2) is 0 Å². The molecule has 1 saturated heterocycles. The molecule has 0 radical (unpaired) electrons. The average molecular weight is 327 g/mol. The first-order valence-corrected chi connectivity index (χ1v) is 7.24. The number of para-hydroxylation sites is 1. The first-order valence-electron chi connectivity index (χ1n) is 7.24. The van der Waals surface area contributed by atoms with Gasteiger partial charge in [0, 0.05) is 19.0 Å². The third-order valence-corrected chi connectivity index (χ3v) is 3.65. The van der Waals surface area contributed by atoms with Crippen LogP contribution in [0, 0.1) is 0 Å². The Morgan fingerprint density at radius 3 is 2.61 bits per heavy atom. The summed E-state index contributed by atoms with van der Waals surface area (Å²) in [5.41, 5.74) is 0.640. The molecule has 5 atom stereocenters. The van der Waals surface area contributed by atoms with Crippen molar-refractivity contribution in [1.82, 2.24) is 5.32 Å². The second kappa shape index (κ2) is 7.82. The highest BCUT2D eigenvalue weighted by Crippen LogP contribution is 2.22. The molecule has 0 amide bonds. The van der Waals surface area contributed by atoms with Crippen LogP contribution in [0.15, 0.2) is 24.3 Å². The summed E-state index contributed by atoms with van der Waals surface area (Å²) in [5.74, 6) is -0.0956. The predicted molar refractivity (Wildman–Crippen MR) is 78.4 cm³/mol. The number of rotatable bonds is 5. The molecule has 1 unspecified atom stereocenters. The first kappa shape index (κ1) is 17.8. The molecule has 1 aliphatic heterocycles. The van der Waals surface area contributed by atoms with E-state index >= 15 is 0 Å². The quantitative estimate of drug-likeness (QED) is 0.326. The highest BCUT2D eigenvalue weighted by Gasteiger charge is 2.43. The second-order valence-corrected chi connectivity index (χ2v) is 5.34. The molecule has 0 spiro atoms. The molecule has 23 heavy (non-hydrogen) atoms. The van der Waals surface area contributed by atoms with Crippen molar-refractivity contribution in [3.63, 3.8) is 0 Å². The maximum Gasteiger partial charge on any atom is 0.308 e. The highest BCUT2D eigenvalue weighted by atomic mass is 16.6. The van der Waals surface area contributed by atoms with Crippen molar-refractivity contribution < 1.29 is 34.7 Å². The van der Waals surface area contributed by atoms with Crippen LogP contribution in [-0.2, 0) is 16.1 Å². The number of carbonyl (C=O) groups excluding carboxylic acids is 1. The smallest absolute Gasteiger partial charge is 0.308 e. The van der Waals surface area contributed by atoms with E-state index in [4.69, 9.17) is 14.6 Å². The van der Waals surface area contributed by atoms with Gasteiger partial charge in [-0.05, 0) is 6.07 Å². The molecule has 8 heteroatoms. The fourth-order valence-corrected chi connectivity index (χ4v) is 2.45. The summed E-state index contributed by atoms with van der Waals surface area (Å²) in [6.45, 7) is 0.942. The van der Waals surface area contributed by atoms with Crippen molar-refractivity contribution in [2.75, 3.05) is 6.61 Å². The Labute approximate surface area is 133 Å². The zero-order valence-corrected chi connectivity index (χ0v) is 12.6. The van der Waals surface area contributed by atoms with Crippen molar-refractivity contribution in [3.05, 3.63) is 29.8 Å². The molecular weight excluding hydrogens is 306 g/mol. The normalized spacial score (nSPS) is 30.9. The van der Waals surface area contributed by atoms with E-state index in [1.165, 1.54) is 6.92 Å². The molecule has 1 aromatic rings. The van der Waals surface area contributed by atoms with Gasteiger partial charge in [0.2, 0.25) is 0 Å². The minimum absolute atomic E-state index is 0.169. The summed E-state index contributed by atoms with van der Waals surface area (Å²) in [5, 5.41) is 41.7. The van der Waals surface area contributed by atoms with Gasteiger partial charge in [-0.2, -0.15) is 0 Å². The molecule has 5 N–H and O–H groups in total. The standard InChI is InChI=1S/C15H21NO7/c1-8(18)22-10-5-3-2-4-9(10)6-16-12-14(20)13(19)11(7-17)23-15(12)21/h2-5,11-17,19-21H,6-7H2,1H3/t11-,12+,13-,14-,15?/m1/s1. The van der Waals surface area contributed by atoms with E-state index < -0.39 is 43.2 Å². The Kier molecular flexibility index (Phi) is 6.05. The average Bonchev–Trinajstić information content (AvgIpc) is 2.51. The van der Waals surface area contributed by atoms with Crippen LogP contribution in [0.1, 0.15) is 12.5 Å². The second-order valence-electron chi connectivity index (χ2n) is 5.34. The van der Waals surface area contributed by atoms with Crippen molar-refractivity contribution in [2.45, 2.75) is 44.1 Å². The number of hydrogen-bond acceptors (Lipinski definition) is 8. The topological polar surface area (TPSA) is 128 Å². The van der Waals surface area contributed by atoms with Gasteiger partial charge in [0.05, 0.1) is 12.6 Å². The van der Waals surface area contributed by atoms with Gasteiger partial charge in [0.1, 0.15) is 24.1 Å². The monoisotopic (exact) mass is 327 g/mol. The zero-order chi connectivity index (χ0) is 17.0. The predicted octanol–water partition coefficient (Wildman–Crippen LogP) is -1.50. The number of aliphatic hydroxyl groups is 4. The lowest BCUT2D eigenvalue weighted by atomic mass is 9.97. The Balaban J connectivity index is 2.04. The lowest BCUT2D eigenvalue weighted by Crippen LogP contribution is -2.63. The van der Waals surface area contributed by atoms with Gasteiger partial charge in [0.25, 0.3) is 0 Å². The van der Waals surface area contributed by atoms with Crippen LogP contribution in [0.25, 0.3) is 0 Å². The molecule has 1 aliphatic rings. The van der Waals surface area contributed by atoms with E-state index in [-0.39, 0.29) is 6.54 Å². The van der Waals surface area contributed by atoms with E-state index in [1.54, 1.807) is 24.3 Å². The Bertz CT molecular complexity index is 538. The number of ether oxygens (including phenoxy) is 2. The van der Waals surface area contributed by atoms with Gasteiger partial charge in [0.15, 0.2) is 6.29 Å². The van der Waals surface area contributed by atoms with Gasteiger partial charge in [-0.1, -0.05) is 18.2 Å². The Morgan fingerprint density at radius 2 is 1.96 bits per heavy atom. The molecule has 0 bridgehead atoms. The number of hydrogen-bond donors (Lipinski definition) is 5. The molecule has 0 aliphatic carbocycles. The van der Waals surface area contributed by atoms with Crippen molar-refractivity contribution in [3.8, 4) is 5.75 Å². The van der Waals surface area contributed by atoms with Gasteiger partial charge >= 0.3 is 5.97 Å². The van der Waals surface area contributed by atoms with E-state index in [2.05, 4.69) is 5.32 Å². The largest absolute Gasteiger partial charge is 0.426 e. The fraction of sp³-hybridized carbons (Fsp3) is 0.533. The highest BCUT2D eigenvalue weighted by molar-refractivity contribution is 5.69. The summed E-state index contributed by atoms with van der Waals surface area (Å²) in [6.07, 6.45) is -5.10. The van der Waals surface area contributed by atoms with E-state index in [0.717, 1.165) is 0 Å². The summed E-state index contributed by atoms with van der Waals surface area (Å²) in [4.78, 5) is 11.1. The first-order chi connectivity index (χ1) is 10.9. The lowest BCUT2D eigenvalue weighted by Gasteiger charge is -2.40. The van der Waals surface area contributed by atoms with Gasteiger partial charge in [-0.15, -0.1) is 0 Å². The summed E-state index contributed by atoms with van der Waals surface area (Å²) in [6, 6.07) is 5.86. The molecule has 1 fully saturated rings. The van der Waals surface area contributed by atoms with E-state index in [1.807, 2.05) is 0 Å². The van der Waals surface area contributed by atoms with E-state index in [9.17, 15) is 20.1 Å². The minimum atomic E-state index is -1.40. The van der Waals surface area contributed by atoms with Gasteiger partial charge in [-0.3, -0.25) is 4.79 Å². The number of nitrogens with one attached hydrogen (secondary N) is 1. The molecular formula is C15H21NO7. The summed E-state index contributed by atoms with van der Waals surface area (Å²) < 4.78 is 10.1. The SMILES string of the molecule is CC(=O)Oc1ccccc1CN[C@@H]1C(O)O[C@H](CO)[C@@H](O)[C@@H]1O. The molecule has 128 valence electrons. The van der Waals surface area contributed by atoms with Crippen LogP contribution in [0.3, 0.4) is 0 Å². The Morgan fingerprint density at radius 1 is 1.26 bits per heavy atom. The zero-order valence-electron chi connectivity index (χ0n) is 12.6. The third kappa shape index (κ3) is 4.25. The van der Waals surface area contributed by atoms with Crippen LogP contribution in [0.5, 0.6) is 5.75 Å². The van der Waals surface area contributed by atoms with Crippen LogP contribution < -0.4 is 10.1 Å². The molecule has 1 heterocycles. The lowest BCUT2D eigenvalue weighted by molar-refractivity contribution is -0.254. The molecule has 1 aromatic carbocycles. The minimum Gasteiger partial charge on any atom is -0.426 e. The summed E-state index contributed by atoms with van der Waals surface area (Å²) in [7, 11) is 0. The van der Waals surface area contributed by atoms with Crippen LogP contribution in [-0.4, -0.2) is 63.6 Å². The number of carbonyl (C=O) groups is 1. The third-order valence-electron chi connectivity index (χ3n) is 3.65. The van der Waals surface area contributed by atoms with E-state index in [0.29, 0.717) is 11.3 Å². The number of benzene rings is 1. The van der Waals surface area contributed by atoms with Crippen LogP contribution >= 0.6 is 0 Å². The molecule has 8 nitrogen and oxygen atoms in total. The van der Waals surface area contributed by atoms with Crippen molar-refractivity contribution in [2.24, 2.45) is 0 Å². The van der Waals surface area contributed by atoms with Crippen LogP contribution in [0.2, 0.25) is 0 Å². The molecule has 0 aromatic heterocycles. The van der Waals surface area contributed by atoms with Crippen molar-refractivity contribution in [1.29, 1.82) is 0 Å². The van der Waals surface area contributed by atoms with Crippen LogP contribution in [0.4, 0.5) is 0 Å². The Hall–Kier alpha value is -1.55. The maximum atomic E-state index is 11.1. The number of aliphatic hydroxyl groups excluding tert-OH is 4. The summed E-state index contributed by atoms with van der Waals surface area (Å²) >= 11 is 0. The number of esters is 1. The molecule has 0 saturated carbocycles.